The van der Waals surface area contributed by atoms with Gasteiger partial charge in [-0.25, -0.2) is 0 Å². The quantitative estimate of drug-likeness (QED) is 0.748. The number of nitrogens with zero attached hydrogens (tertiary/aromatic N) is 1. The van der Waals surface area contributed by atoms with Crippen LogP contribution < -0.4 is 10.6 Å². The highest BCUT2D eigenvalue weighted by Crippen LogP contribution is 2.25. The lowest BCUT2D eigenvalue weighted by Gasteiger charge is -2.08. The maximum atomic E-state index is 12.1. The van der Waals surface area contributed by atoms with Gasteiger partial charge in [0.2, 0.25) is 11.8 Å². The van der Waals surface area contributed by atoms with E-state index in [2.05, 4.69) is 15.6 Å². The van der Waals surface area contributed by atoms with Crippen LogP contribution in [0.2, 0.25) is 10.0 Å². The average molecular weight is 376 g/mol. The van der Waals surface area contributed by atoms with Crippen molar-refractivity contribution in [2.45, 2.75) is 11.7 Å². The highest BCUT2D eigenvalue weighted by molar-refractivity contribution is 8.15. The van der Waals surface area contributed by atoms with Crippen molar-refractivity contribution in [1.82, 2.24) is 5.32 Å². The number of hydrogen-bond acceptors (Lipinski definition) is 5. The van der Waals surface area contributed by atoms with Crippen LogP contribution in [0.4, 0.5) is 5.69 Å². The fraction of sp³-hybridized carbons (Fsp3) is 0.357. The Morgan fingerprint density at radius 3 is 2.74 bits per heavy atom. The van der Waals surface area contributed by atoms with Gasteiger partial charge in [-0.15, -0.1) is 0 Å². The molecule has 2 N–H and O–H groups in total. The van der Waals surface area contributed by atoms with Crippen LogP contribution in [-0.2, 0) is 14.3 Å². The molecule has 2 rings (SSSR count). The van der Waals surface area contributed by atoms with E-state index >= 15 is 0 Å². The van der Waals surface area contributed by atoms with Gasteiger partial charge in [-0.3, -0.25) is 14.6 Å². The molecule has 0 bridgehead atoms. The molecule has 23 heavy (non-hydrogen) atoms. The van der Waals surface area contributed by atoms with E-state index in [-0.39, 0.29) is 18.2 Å². The molecule has 2 amide bonds. The van der Waals surface area contributed by atoms with Crippen LogP contribution in [0.5, 0.6) is 0 Å². The van der Waals surface area contributed by atoms with Crippen LogP contribution in [0.3, 0.4) is 0 Å². The molecule has 9 heteroatoms. The van der Waals surface area contributed by atoms with Crippen LogP contribution in [0.25, 0.3) is 0 Å². The molecule has 1 atom stereocenters. The number of nitrogens with one attached hydrogen (secondary N) is 2. The maximum absolute atomic E-state index is 12.1. The lowest BCUT2D eigenvalue weighted by molar-refractivity contribution is -0.122. The number of rotatable bonds is 6. The number of thioether (sulfide) groups is 1. The number of benzene rings is 1. The van der Waals surface area contributed by atoms with Crippen molar-refractivity contribution in [3.05, 3.63) is 28.2 Å². The minimum Gasteiger partial charge on any atom is -0.383 e. The van der Waals surface area contributed by atoms with Crippen LogP contribution >= 0.6 is 35.0 Å². The third kappa shape index (κ3) is 5.69. The molecule has 1 aliphatic rings. The molecule has 0 radical (unpaired) electrons. The SMILES string of the molecule is COCCN=C1NC(=O)[C@@H](CC(=O)Nc2cc(Cl)cc(Cl)c2)S1. The van der Waals surface area contributed by atoms with Gasteiger partial charge in [0.1, 0.15) is 5.25 Å². The number of carbonyl (C=O) groups excluding carboxylic acids is 2. The smallest absolute Gasteiger partial charge is 0.240 e. The Hall–Kier alpha value is -1.28. The van der Waals surface area contributed by atoms with Crippen molar-refractivity contribution in [2.75, 3.05) is 25.6 Å². The lowest BCUT2D eigenvalue weighted by Crippen LogP contribution is -2.28. The lowest BCUT2D eigenvalue weighted by atomic mass is 10.2. The van der Waals surface area contributed by atoms with E-state index < -0.39 is 5.25 Å². The van der Waals surface area contributed by atoms with Crippen molar-refractivity contribution >= 4 is 57.6 Å². The van der Waals surface area contributed by atoms with Crippen LogP contribution in [0.1, 0.15) is 6.42 Å². The third-order valence-electron chi connectivity index (χ3n) is 2.84. The van der Waals surface area contributed by atoms with Gasteiger partial charge in [-0.05, 0) is 18.2 Å². The van der Waals surface area contributed by atoms with Crippen molar-refractivity contribution in [2.24, 2.45) is 4.99 Å². The molecule has 6 nitrogen and oxygen atoms in total. The van der Waals surface area contributed by atoms with Gasteiger partial charge in [0.05, 0.1) is 13.2 Å². The molecular weight excluding hydrogens is 361 g/mol. The number of anilines is 1. The molecule has 0 saturated carbocycles. The highest BCUT2D eigenvalue weighted by Gasteiger charge is 2.31. The molecule has 124 valence electrons. The summed E-state index contributed by atoms with van der Waals surface area (Å²) in [4.78, 5) is 28.1. The van der Waals surface area contributed by atoms with Gasteiger partial charge in [-0.1, -0.05) is 35.0 Å². The molecule has 1 aromatic carbocycles. The van der Waals surface area contributed by atoms with Gasteiger partial charge in [0.25, 0.3) is 0 Å². The summed E-state index contributed by atoms with van der Waals surface area (Å²) in [6.07, 6.45) is 0.0317. The Morgan fingerprint density at radius 1 is 1.39 bits per heavy atom. The predicted octanol–water partition coefficient (Wildman–Crippen LogP) is 2.56. The maximum Gasteiger partial charge on any atom is 0.240 e. The number of methoxy groups -OCH3 is 1. The Bertz CT molecular complexity index is 619. The van der Waals surface area contributed by atoms with E-state index in [0.717, 1.165) is 0 Å². The number of hydrogen-bond donors (Lipinski definition) is 2. The van der Waals surface area contributed by atoms with E-state index in [0.29, 0.717) is 34.1 Å². The molecule has 0 unspecified atom stereocenters. The average Bonchev–Trinajstić information content (AvgIpc) is 2.78. The van der Waals surface area contributed by atoms with Gasteiger partial charge < -0.3 is 15.4 Å². The largest absolute Gasteiger partial charge is 0.383 e. The normalized spacial score (nSPS) is 19.0. The number of amides is 2. The number of aliphatic imine (C=N–C) groups is 1. The molecule has 0 aromatic heterocycles. The molecule has 1 aromatic rings. The van der Waals surface area contributed by atoms with E-state index in [1.807, 2.05) is 0 Å². The summed E-state index contributed by atoms with van der Waals surface area (Å²) in [5, 5.41) is 6.17. The fourth-order valence-corrected chi connectivity index (χ4v) is 3.38. The first kappa shape index (κ1) is 18.1. The summed E-state index contributed by atoms with van der Waals surface area (Å²) in [7, 11) is 1.58. The monoisotopic (exact) mass is 375 g/mol. The highest BCUT2D eigenvalue weighted by atomic mass is 35.5. The van der Waals surface area contributed by atoms with E-state index in [9.17, 15) is 9.59 Å². The van der Waals surface area contributed by atoms with Crippen LogP contribution in [0.15, 0.2) is 23.2 Å². The molecule has 1 aliphatic heterocycles. The van der Waals surface area contributed by atoms with Gasteiger partial charge in [-0.2, -0.15) is 0 Å². The number of ether oxygens (including phenoxy) is 1. The van der Waals surface area contributed by atoms with E-state index in [1.165, 1.54) is 11.8 Å². The molecule has 0 aliphatic carbocycles. The zero-order valence-electron chi connectivity index (χ0n) is 12.3. The summed E-state index contributed by atoms with van der Waals surface area (Å²) < 4.78 is 4.89. The van der Waals surface area contributed by atoms with Crippen LogP contribution in [0, 0.1) is 0 Å². The second-order valence-corrected chi connectivity index (χ2v) is 6.75. The third-order valence-corrected chi connectivity index (χ3v) is 4.40. The minimum absolute atomic E-state index is 0.0317. The minimum atomic E-state index is -0.508. The number of halogens is 2. The predicted molar refractivity (Wildman–Crippen MR) is 93.4 cm³/mol. The molecule has 1 saturated heterocycles. The van der Waals surface area contributed by atoms with Gasteiger partial charge in [0, 0.05) is 29.3 Å². The van der Waals surface area contributed by atoms with Crippen molar-refractivity contribution in [1.29, 1.82) is 0 Å². The second-order valence-electron chi connectivity index (χ2n) is 4.69. The topological polar surface area (TPSA) is 79.8 Å². The van der Waals surface area contributed by atoms with E-state index in [1.54, 1.807) is 25.3 Å². The fourth-order valence-electron chi connectivity index (χ4n) is 1.86. The molecule has 1 heterocycles. The molecule has 0 spiro atoms. The zero-order chi connectivity index (χ0) is 16.8. The van der Waals surface area contributed by atoms with Crippen molar-refractivity contribution < 1.29 is 14.3 Å². The first-order valence-electron chi connectivity index (χ1n) is 6.75. The zero-order valence-corrected chi connectivity index (χ0v) is 14.6. The Kier molecular flexibility index (Phi) is 6.71. The summed E-state index contributed by atoms with van der Waals surface area (Å²) >= 11 is 13.0. The van der Waals surface area contributed by atoms with Crippen molar-refractivity contribution in [3.8, 4) is 0 Å². The summed E-state index contributed by atoms with van der Waals surface area (Å²) in [5.74, 6) is -0.528. The molecule has 1 fully saturated rings. The standard InChI is InChI=1S/C14H15Cl2N3O3S/c1-22-3-2-17-14-19-13(21)11(23-14)7-12(20)18-10-5-8(15)4-9(16)6-10/h4-6,11H,2-3,7H2,1H3,(H,18,20)(H,17,19,21)/t11-/m1/s1. The molecular formula is C14H15Cl2N3O3S. The second kappa shape index (κ2) is 8.54. The first-order valence-corrected chi connectivity index (χ1v) is 8.38. The Labute approximate surface area is 148 Å². The summed E-state index contributed by atoms with van der Waals surface area (Å²) in [6, 6.07) is 4.75. The summed E-state index contributed by atoms with van der Waals surface area (Å²) in [6.45, 7) is 0.930. The Morgan fingerprint density at radius 2 is 2.09 bits per heavy atom. The number of carbonyl (C=O) groups is 2. The van der Waals surface area contributed by atoms with E-state index in [4.69, 9.17) is 27.9 Å². The summed E-state index contributed by atoms with van der Waals surface area (Å²) in [5.41, 5.74) is 0.491. The Balaban J connectivity index is 1.90. The van der Waals surface area contributed by atoms with Gasteiger partial charge in [0.15, 0.2) is 5.17 Å². The first-order chi connectivity index (χ1) is 11.0. The number of amidine groups is 1. The van der Waals surface area contributed by atoms with Crippen LogP contribution in [-0.4, -0.2) is 42.5 Å². The van der Waals surface area contributed by atoms with Gasteiger partial charge >= 0.3 is 0 Å². The van der Waals surface area contributed by atoms with Crippen molar-refractivity contribution in [3.63, 3.8) is 0 Å².